The van der Waals surface area contributed by atoms with E-state index in [0.717, 1.165) is 35.0 Å². The summed E-state index contributed by atoms with van der Waals surface area (Å²) in [5.41, 5.74) is 2.19. The number of hydrogen-bond acceptors (Lipinski definition) is 7. The summed E-state index contributed by atoms with van der Waals surface area (Å²) in [4.78, 5) is 32.2. The third kappa shape index (κ3) is 4.29. The Hall–Kier alpha value is -2.52. The van der Waals surface area contributed by atoms with Crippen LogP contribution in [0, 0.1) is 0 Å². The van der Waals surface area contributed by atoms with Gasteiger partial charge in [-0.1, -0.05) is 17.8 Å². The predicted octanol–water partition coefficient (Wildman–Crippen LogP) is 3.04. The number of hydrogen-bond donors (Lipinski definition) is 1. The van der Waals surface area contributed by atoms with Crippen molar-refractivity contribution in [3.05, 3.63) is 44.6 Å². The van der Waals surface area contributed by atoms with E-state index in [1.54, 1.807) is 37.2 Å². The molecule has 3 aromatic rings. The first-order valence-corrected chi connectivity index (χ1v) is 11.9. The number of amides is 1. The van der Waals surface area contributed by atoms with E-state index in [4.69, 9.17) is 14.5 Å². The van der Waals surface area contributed by atoms with E-state index in [1.165, 1.54) is 22.2 Å². The average molecular weight is 460 g/mol. The molecule has 1 N–H and O–H groups in total. The number of nitrogens with zero attached hydrogens (tertiary/aromatic N) is 2. The number of aryl methyl sites for hydroxylation is 3. The van der Waals surface area contributed by atoms with Gasteiger partial charge in [0.25, 0.3) is 5.56 Å². The van der Waals surface area contributed by atoms with Crippen LogP contribution >= 0.6 is 23.1 Å². The van der Waals surface area contributed by atoms with Gasteiger partial charge < -0.3 is 14.8 Å². The summed E-state index contributed by atoms with van der Waals surface area (Å²) in [7, 11) is 4.81. The molecule has 9 heteroatoms. The lowest BCUT2D eigenvalue weighted by Crippen LogP contribution is -2.26. The average Bonchev–Trinajstić information content (AvgIpc) is 3.37. The van der Waals surface area contributed by atoms with Crippen molar-refractivity contribution in [2.24, 2.45) is 0 Å². The van der Waals surface area contributed by atoms with E-state index >= 15 is 0 Å². The quantitative estimate of drug-likeness (QED) is 0.412. The van der Waals surface area contributed by atoms with Crippen LogP contribution in [0.2, 0.25) is 0 Å². The van der Waals surface area contributed by atoms with Gasteiger partial charge in [0.05, 0.1) is 25.4 Å². The minimum absolute atomic E-state index is 0.00992. The molecular formula is C22H25N3O4S2. The number of thioether (sulfide) groups is 1. The summed E-state index contributed by atoms with van der Waals surface area (Å²) in [6.07, 6.45) is 3.68. The summed E-state index contributed by atoms with van der Waals surface area (Å²) < 4.78 is 12.4. The molecule has 1 aliphatic rings. The van der Waals surface area contributed by atoms with Crippen LogP contribution in [0.1, 0.15) is 22.4 Å². The first-order valence-electron chi connectivity index (χ1n) is 10.1. The first-order chi connectivity index (χ1) is 15.0. The Morgan fingerprint density at radius 1 is 1.26 bits per heavy atom. The maximum absolute atomic E-state index is 13.5. The molecule has 0 unspecified atom stereocenters. The van der Waals surface area contributed by atoms with Crippen molar-refractivity contribution in [1.82, 2.24) is 14.9 Å². The molecule has 0 fully saturated rings. The molecule has 31 heavy (non-hydrogen) atoms. The standard InChI is InChI=1S/C22H25N3O4S2/c1-23-18(26)12-30-22-24-20-19(14-5-4-6-17(14)31-20)21(27)25(22)10-9-13-7-8-15(28-2)16(11-13)29-3/h7-8,11H,4-6,9-10,12H2,1-3H3,(H,23,26). The van der Waals surface area contributed by atoms with Crippen LogP contribution in [0.3, 0.4) is 0 Å². The Bertz CT molecular complexity index is 1190. The van der Waals surface area contributed by atoms with E-state index < -0.39 is 0 Å². The second-order valence-corrected chi connectivity index (χ2v) is 9.32. The summed E-state index contributed by atoms with van der Waals surface area (Å²) in [6, 6.07) is 5.76. The highest BCUT2D eigenvalue weighted by Gasteiger charge is 2.23. The van der Waals surface area contributed by atoms with Gasteiger partial charge in [0.15, 0.2) is 16.7 Å². The minimum Gasteiger partial charge on any atom is -0.493 e. The SMILES string of the molecule is CNC(=O)CSc1nc2sc3c(c2c(=O)n1CCc1ccc(OC)c(OC)c1)CCC3. The van der Waals surface area contributed by atoms with Crippen LogP contribution in [0.4, 0.5) is 0 Å². The van der Waals surface area contributed by atoms with Gasteiger partial charge in [0.2, 0.25) is 5.91 Å². The fraction of sp³-hybridized carbons (Fsp3) is 0.409. The number of ether oxygens (including phenoxy) is 2. The van der Waals surface area contributed by atoms with E-state index in [0.29, 0.717) is 29.6 Å². The lowest BCUT2D eigenvalue weighted by atomic mass is 10.1. The van der Waals surface area contributed by atoms with Gasteiger partial charge in [0.1, 0.15) is 4.83 Å². The van der Waals surface area contributed by atoms with Crippen LogP contribution < -0.4 is 20.3 Å². The number of rotatable bonds is 8. The minimum atomic E-state index is -0.0977. The van der Waals surface area contributed by atoms with Gasteiger partial charge in [-0.05, 0) is 48.9 Å². The molecule has 0 spiro atoms. The number of thiophene rings is 1. The number of benzene rings is 1. The van der Waals surface area contributed by atoms with Crippen LogP contribution in [-0.4, -0.2) is 42.5 Å². The maximum atomic E-state index is 13.5. The second-order valence-electron chi connectivity index (χ2n) is 7.29. The lowest BCUT2D eigenvalue weighted by molar-refractivity contribution is -0.118. The fourth-order valence-electron chi connectivity index (χ4n) is 3.84. The molecule has 7 nitrogen and oxygen atoms in total. The molecule has 1 aliphatic carbocycles. The maximum Gasteiger partial charge on any atom is 0.263 e. The Morgan fingerprint density at radius 2 is 2.06 bits per heavy atom. The third-order valence-electron chi connectivity index (χ3n) is 5.47. The highest BCUT2D eigenvalue weighted by atomic mass is 32.2. The van der Waals surface area contributed by atoms with Gasteiger partial charge in [-0.3, -0.25) is 14.2 Å². The van der Waals surface area contributed by atoms with Crippen molar-refractivity contribution < 1.29 is 14.3 Å². The van der Waals surface area contributed by atoms with E-state index in [2.05, 4.69) is 5.32 Å². The van der Waals surface area contributed by atoms with Gasteiger partial charge in [-0.25, -0.2) is 4.98 Å². The predicted molar refractivity (Wildman–Crippen MR) is 124 cm³/mol. The topological polar surface area (TPSA) is 82.5 Å². The van der Waals surface area contributed by atoms with Gasteiger partial charge in [0, 0.05) is 18.5 Å². The summed E-state index contributed by atoms with van der Waals surface area (Å²) in [5.74, 6) is 1.45. The van der Waals surface area contributed by atoms with Crippen LogP contribution in [0.15, 0.2) is 28.2 Å². The molecule has 0 saturated heterocycles. The van der Waals surface area contributed by atoms with Crippen LogP contribution in [0.25, 0.3) is 10.2 Å². The highest BCUT2D eigenvalue weighted by molar-refractivity contribution is 7.99. The molecule has 0 aliphatic heterocycles. The molecule has 0 atom stereocenters. The van der Waals surface area contributed by atoms with Gasteiger partial charge >= 0.3 is 0 Å². The van der Waals surface area contributed by atoms with Crippen molar-refractivity contribution in [1.29, 1.82) is 0 Å². The molecule has 1 aromatic carbocycles. The lowest BCUT2D eigenvalue weighted by Gasteiger charge is -2.13. The molecule has 0 bridgehead atoms. The molecular weight excluding hydrogens is 434 g/mol. The van der Waals surface area contributed by atoms with Crippen LogP contribution in [-0.2, 0) is 30.6 Å². The summed E-state index contributed by atoms with van der Waals surface area (Å²) >= 11 is 2.92. The Balaban J connectivity index is 1.69. The zero-order chi connectivity index (χ0) is 22.0. The zero-order valence-corrected chi connectivity index (χ0v) is 19.5. The van der Waals surface area contributed by atoms with Crippen molar-refractivity contribution >= 4 is 39.2 Å². The van der Waals surface area contributed by atoms with Crippen molar-refractivity contribution in [3.8, 4) is 11.5 Å². The Kier molecular flexibility index (Phi) is 6.52. The Labute approximate surface area is 188 Å². The molecule has 0 saturated carbocycles. The fourth-order valence-corrected chi connectivity index (χ4v) is 6.04. The van der Waals surface area contributed by atoms with E-state index in [1.807, 2.05) is 18.2 Å². The highest BCUT2D eigenvalue weighted by Crippen LogP contribution is 2.35. The summed E-state index contributed by atoms with van der Waals surface area (Å²) in [5, 5.41) is 3.96. The molecule has 0 radical (unpaired) electrons. The molecule has 2 aromatic heterocycles. The van der Waals surface area contributed by atoms with E-state index in [-0.39, 0.29) is 17.2 Å². The van der Waals surface area contributed by atoms with Crippen molar-refractivity contribution in [3.63, 3.8) is 0 Å². The van der Waals surface area contributed by atoms with Crippen molar-refractivity contribution in [2.75, 3.05) is 27.0 Å². The number of nitrogens with one attached hydrogen (secondary N) is 1. The number of carbonyl (C=O) groups excluding carboxylic acids is 1. The van der Waals surface area contributed by atoms with Gasteiger partial charge in [-0.15, -0.1) is 11.3 Å². The normalized spacial score (nSPS) is 12.7. The second kappa shape index (κ2) is 9.32. The van der Waals surface area contributed by atoms with Crippen LogP contribution in [0.5, 0.6) is 11.5 Å². The van der Waals surface area contributed by atoms with Crippen molar-refractivity contribution in [2.45, 2.75) is 37.4 Å². The van der Waals surface area contributed by atoms with E-state index in [9.17, 15) is 9.59 Å². The third-order valence-corrected chi connectivity index (χ3v) is 7.64. The number of aromatic nitrogens is 2. The van der Waals surface area contributed by atoms with Gasteiger partial charge in [-0.2, -0.15) is 0 Å². The number of methoxy groups -OCH3 is 2. The largest absolute Gasteiger partial charge is 0.493 e. The summed E-state index contributed by atoms with van der Waals surface area (Å²) in [6.45, 7) is 0.470. The molecule has 164 valence electrons. The number of carbonyl (C=O) groups is 1. The molecule has 4 rings (SSSR count). The zero-order valence-electron chi connectivity index (χ0n) is 17.8. The molecule has 2 heterocycles. The molecule has 1 amide bonds. The first kappa shape index (κ1) is 21.7. The monoisotopic (exact) mass is 459 g/mol. The Morgan fingerprint density at radius 3 is 2.81 bits per heavy atom. The number of fused-ring (bicyclic) bond motifs is 3. The smallest absolute Gasteiger partial charge is 0.263 e.